The first kappa shape index (κ1) is 24.8. The molecule has 1 heterocycles. The molecule has 3 atom stereocenters. The lowest BCUT2D eigenvalue weighted by molar-refractivity contribution is -0.146. The maximum absolute atomic E-state index is 13.1. The predicted octanol–water partition coefficient (Wildman–Crippen LogP) is 2.19. The summed E-state index contributed by atoms with van der Waals surface area (Å²) < 4.78 is 0. The Labute approximate surface area is 183 Å². The van der Waals surface area contributed by atoms with Gasteiger partial charge in [0.1, 0.15) is 12.6 Å². The Bertz CT molecular complexity index is 712. The molecule has 1 fully saturated rings. The number of carbonyl (C=O) groups excluding carboxylic acids is 1. The molecule has 1 saturated heterocycles. The number of aliphatic carboxylic acids is 2. The van der Waals surface area contributed by atoms with Gasteiger partial charge in [-0.1, -0.05) is 56.0 Å². The van der Waals surface area contributed by atoms with Gasteiger partial charge in [-0.15, -0.1) is 0 Å². The summed E-state index contributed by atoms with van der Waals surface area (Å²) in [5.41, 5.74) is 6.57. The van der Waals surface area contributed by atoms with E-state index in [1.54, 1.807) is 0 Å². The van der Waals surface area contributed by atoms with Crippen LogP contribution in [-0.4, -0.2) is 64.7 Å². The van der Waals surface area contributed by atoms with Crippen molar-refractivity contribution in [2.75, 3.05) is 19.6 Å². The summed E-state index contributed by atoms with van der Waals surface area (Å²) in [5, 5.41) is 21.9. The Morgan fingerprint density at radius 2 is 1.77 bits per heavy atom. The van der Waals surface area contributed by atoms with E-state index < -0.39 is 24.0 Å². The first-order chi connectivity index (χ1) is 14.9. The lowest BCUT2D eigenvalue weighted by Gasteiger charge is -2.26. The van der Waals surface area contributed by atoms with Crippen LogP contribution in [-0.2, 0) is 14.4 Å². The number of hydrogen-bond donors (Lipinski definition) is 4. The number of carboxylic acid groups (broad SMARTS) is 2. The highest BCUT2D eigenvalue weighted by Gasteiger charge is 2.35. The number of carbonyl (C=O) groups is 3. The number of rotatable bonds is 13. The van der Waals surface area contributed by atoms with E-state index in [9.17, 15) is 24.6 Å². The van der Waals surface area contributed by atoms with Crippen LogP contribution in [0.25, 0.3) is 0 Å². The molecule has 1 aromatic carbocycles. The third-order valence-corrected chi connectivity index (χ3v) is 5.87. The molecule has 0 radical (unpaired) electrons. The number of benzene rings is 1. The Kier molecular flexibility index (Phi) is 10.5. The van der Waals surface area contributed by atoms with Gasteiger partial charge in [-0.25, -0.2) is 0 Å². The number of nitrogens with zero attached hydrogens (tertiary/aromatic N) is 1. The predicted molar refractivity (Wildman–Crippen MR) is 118 cm³/mol. The third kappa shape index (κ3) is 8.30. The van der Waals surface area contributed by atoms with Gasteiger partial charge < -0.3 is 20.8 Å². The first-order valence-electron chi connectivity index (χ1n) is 11.2. The fourth-order valence-electron chi connectivity index (χ4n) is 4.18. The normalized spacial score (nSPS) is 20.3. The number of nitrogens with one attached hydrogen (secondary N) is 1. The number of nitrogens with two attached hydrogens (primary N) is 1. The van der Waals surface area contributed by atoms with Crippen molar-refractivity contribution in [3.05, 3.63) is 35.9 Å². The van der Waals surface area contributed by atoms with Crippen LogP contribution in [0.1, 0.15) is 62.8 Å². The van der Waals surface area contributed by atoms with Crippen molar-refractivity contribution in [1.29, 1.82) is 0 Å². The average molecular weight is 434 g/mol. The van der Waals surface area contributed by atoms with Gasteiger partial charge in [0.15, 0.2) is 0 Å². The van der Waals surface area contributed by atoms with Crippen LogP contribution < -0.4 is 11.1 Å². The molecule has 0 unspecified atom stereocenters. The zero-order valence-electron chi connectivity index (χ0n) is 18.0. The van der Waals surface area contributed by atoms with E-state index in [4.69, 9.17) is 5.73 Å². The van der Waals surface area contributed by atoms with Crippen LogP contribution in [0.2, 0.25) is 0 Å². The number of hydrogen-bond acceptors (Lipinski definition) is 5. The van der Waals surface area contributed by atoms with Gasteiger partial charge >= 0.3 is 11.9 Å². The summed E-state index contributed by atoms with van der Waals surface area (Å²) in [6.07, 6.45) is 6.19. The van der Waals surface area contributed by atoms with E-state index in [2.05, 4.69) is 5.32 Å². The van der Waals surface area contributed by atoms with Crippen molar-refractivity contribution >= 4 is 17.8 Å². The molecule has 8 heteroatoms. The van der Waals surface area contributed by atoms with Crippen molar-refractivity contribution in [2.45, 2.75) is 69.4 Å². The second-order valence-electron chi connectivity index (χ2n) is 8.24. The standard InChI is InChI=1S/C23H35N3O5/c24-13-8-3-1-2-7-11-19(23(30)31)25-20-15-18(17-9-5-4-6-10-17)12-14-26(22(20)29)16-21(27)28/h4-6,9-10,18-20,25H,1-3,7-8,11-16,24H2,(H,27,28)(H,30,31)/t18-,19+,20+/m1/s1. The summed E-state index contributed by atoms with van der Waals surface area (Å²) in [6.45, 7) is 0.623. The molecule has 1 aliphatic rings. The number of likely N-dealkylation sites (tertiary alicyclic amines) is 1. The van der Waals surface area contributed by atoms with Crippen LogP contribution in [0.4, 0.5) is 0 Å². The zero-order valence-corrected chi connectivity index (χ0v) is 18.0. The van der Waals surface area contributed by atoms with Crippen molar-refractivity contribution in [2.24, 2.45) is 5.73 Å². The number of unbranched alkanes of at least 4 members (excludes halogenated alkanes) is 4. The summed E-state index contributed by atoms with van der Waals surface area (Å²) in [5.74, 6) is -2.35. The molecule has 0 spiro atoms. The summed E-state index contributed by atoms with van der Waals surface area (Å²) in [7, 11) is 0. The van der Waals surface area contributed by atoms with Crippen molar-refractivity contribution in [3.63, 3.8) is 0 Å². The van der Waals surface area contributed by atoms with Crippen LogP contribution >= 0.6 is 0 Å². The average Bonchev–Trinajstić information content (AvgIpc) is 2.89. The fraction of sp³-hybridized carbons (Fsp3) is 0.609. The molecular weight excluding hydrogens is 398 g/mol. The van der Waals surface area contributed by atoms with Crippen LogP contribution in [0.15, 0.2) is 30.3 Å². The smallest absolute Gasteiger partial charge is 0.323 e. The maximum Gasteiger partial charge on any atom is 0.323 e. The molecule has 31 heavy (non-hydrogen) atoms. The van der Waals surface area contributed by atoms with Gasteiger partial charge in [0.2, 0.25) is 5.91 Å². The second kappa shape index (κ2) is 13.1. The molecule has 0 saturated carbocycles. The SMILES string of the molecule is NCCCCCCC[C@H](N[C@H]1C[C@H](c2ccccc2)CCN(CC(=O)O)C1=O)C(=O)O. The molecule has 172 valence electrons. The minimum absolute atomic E-state index is 0.0483. The molecule has 5 N–H and O–H groups in total. The highest BCUT2D eigenvalue weighted by Crippen LogP contribution is 2.29. The quantitative estimate of drug-likeness (QED) is 0.350. The first-order valence-corrected chi connectivity index (χ1v) is 11.2. The molecule has 2 rings (SSSR count). The minimum atomic E-state index is -1.07. The maximum atomic E-state index is 13.1. The number of carboxylic acids is 2. The summed E-state index contributed by atoms with van der Waals surface area (Å²) in [6, 6.07) is 8.21. The van der Waals surface area contributed by atoms with Gasteiger partial charge in [0.25, 0.3) is 0 Å². The summed E-state index contributed by atoms with van der Waals surface area (Å²) in [4.78, 5) is 37.5. The largest absolute Gasteiger partial charge is 0.480 e. The van der Waals surface area contributed by atoms with Gasteiger partial charge in [-0.05, 0) is 43.7 Å². The van der Waals surface area contributed by atoms with Gasteiger partial charge in [0, 0.05) is 6.54 Å². The highest BCUT2D eigenvalue weighted by molar-refractivity contribution is 5.86. The fourth-order valence-corrected chi connectivity index (χ4v) is 4.18. The van der Waals surface area contributed by atoms with E-state index >= 15 is 0 Å². The van der Waals surface area contributed by atoms with Gasteiger partial charge in [0.05, 0.1) is 6.04 Å². The monoisotopic (exact) mass is 433 g/mol. The van der Waals surface area contributed by atoms with Crippen LogP contribution in [0, 0.1) is 0 Å². The molecule has 0 bridgehead atoms. The molecular formula is C23H35N3O5. The van der Waals surface area contributed by atoms with Gasteiger partial charge in [-0.2, -0.15) is 0 Å². The van der Waals surface area contributed by atoms with E-state index in [1.807, 2.05) is 30.3 Å². The topological polar surface area (TPSA) is 133 Å². The third-order valence-electron chi connectivity index (χ3n) is 5.87. The molecule has 1 aliphatic heterocycles. The molecule has 0 aliphatic carbocycles. The van der Waals surface area contributed by atoms with E-state index in [-0.39, 0.29) is 18.4 Å². The molecule has 1 aromatic rings. The van der Waals surface area contributed by atoms with Crippen molar-refractivity contribution in [1.82, 2.24) is 10.2 Å². The lowest BCUT2D eigenvalue weighted by atomic mass is 9.90. The van der Waals surface area contributed by atoms with Crippen molar-refractivity contribution < 1.29 is 24.6 Å². The molecule has 1 amide bonds. The van der Waals surface area contributed by atoms with E-state index in [0.29, 0.717) is 32.4 Å². The minimum Gasteiger partial charge on any atom is -0.480 e. The molecule has 0 aromatic heterocycles. The number of amides is 1. The Morgan fingerprint density at radius 1 is 1.10 bits per heavy atom. The van der Waals surface area contributed by atoms with Gasteiger partial charge in [-0.3, -0.25) is 19.7 Å². The summed E-state index contributed by atoms with van der Waals surface area (Å²) >= 11 is 0. The second-order valence-corrected chi connectivity index (χ2v) is 8.24. The van der Waals surface area contributed by atoms with E-state index in [0.717, 1.165) is 37.7 Å². The highest BCUT2D eigenvalue weighted by atomic mass is 16.4. The Morgan fingerprint density at radius 3 is 2.42 bits per heavy atom. The Hall–Kier alpha value is -2.45. The molecule has 8 nitrogen and oxygen atoms in total. The zero-order chi connectivity index (χ0) is 22.6. The Balaban J connectivity index is 2.08. The van der Waals surface area contributed by atoms with Crippen LogP contribution in [0.5, 0.6) is 0 Å². The van der Waals surface area contributed by atoms with Crippen molar-refractivity contribution in [3.8, 4) is 0 Å². The van der Waals surface area contributed by atoms with Crippen LogP contribution in [0.3, 0.4) is 0 Å². The lowest BCUT2D eigenvalue weighted by Crippen LogP contribution is -2.52. The van der Waals surface area contributed by atoms with E-state index in [1.165, 1.54) is 4.90 Å².